The van der Waals surface area contributed by atoms with E-state index in [9.17, 15) is 5.11 Å². The minimum atomic E-state index is -0.464. The largest absolute Gasteiger partial charge is 0.393 e. The second-order valence-electron chi connectivity index (χ2n) is 9.95. The third kappa shape index (κ3) is 5.84. The molecule has 1 heterocycles. The van der Waals surface area contributed by atoms with Crippen LogP contribution in [0, 0.1) is 6.92 Å². The lowest BCUT2D eigenvalue weighted by Crippen LogP contribution is -2.25. The van der Waals surface area contributed by atoms with Crippen molar-refractivity contribution in [1.82, 2.24) is 4.98 Å². The highest BCUT2D eigenvalue weighted by Crippen LogP contribution is 2.40. The van der Waals surface area contributed by atoms with Crippen molar-refractivity contribution in [3.8, 4) is 11.1 Å². The monoisotopic (exact) mass is 488 g/mol. The minimum absolute atomic E-state index is 0.114. The first-order valence-electron chi connectivity index (χ1n) is 11.9. The van der Waals surface area contributed by atoms with Gasteiger partial charge in [0, 0.05) is 23.1 Å². The molecule has 0 aliphatic heterocycles. The maximum Gasteiger partial charge on any atom is 0.107 e. The van der Waals surface area contributed by atoms with Crippen molar-refractivity contribution < 1.29 is 9.84 Å². The molecule has 4 rings (SSSR count). The Morgan fingerprint density at radius 1 is 1.00 bits per heavy atom. The van der Waals surface area contributed by atoms with Gasteiger partial charge in [0.15, 0.2) is 0 Å². The zero-order chi connectivity index (χ0) is 25.2. The Balaban J connectivity index is 1.85. The predicted molar refractivity (Wildman–Crippen MR) is 146 cm³/mol. The van der Waals surface area contributed by atoms with Gasteiger partial charge < -0.3 is 14.7 Å². The van der Waals surface area contributed by atoms with Crippen LogP contribution in [-0.4, -0.2) is 29.3 Å². The van der Waals surface area contributed by atoms with E-state index < -0.39 is 11.7 Å². The molecular formula is C30H33ClN2O2. The quantitative estimate of drug-likeness (QED) is 0.295. The summed E-state index contributed by atoms with van der Waals surface area (Å²) in [7, 11) is 2.07. The SMILES string of the molecule is Cc1cc2nc(CN(C)c3ccccc3)ccc2c(-c2ccc(Cl)cc2)c1[C@@H](CO)OC(C)(C)C. The lowest BCUT2D eigenvalue weighted by molar-refractivity contribution is -0.0821. The fraction of sp³-hybridized carbons (Fsp3) is 0.300. The first-order chi connectivity index (χ1) is 16.7. The Morgan fingerprint density at radius 3 is 2.31 bits per heavy atom. The van der Waals surface area contributed by atoms with Crippen LogP contribution in [-0.2, 0) is 11.3 Å². The van der Waals surface area contributed by atoms with E-state index in [1.807, 2.05) is 63.2 Å². The molecule has 1 atom stereocenters. The van der Waals surface area contributed by atoms with Gasteiger partial charge in [-0.1, -0.05) is 48.0 Å². The van der Waals surface area contributed by atoms with Gasteiger partial charge >= 0.3 is 0 Å². The molecule has 0 saturated carbocycles. The Labute approximate surface area is 213 Å². The highest BCUT2D eigenvalue weighted by Gasteiger charge is 2.26. The number of aromatic nitrogens is 1. The molecule has 35 heavy (non-hydrogen) atoms. The molecule has 0 amide bonds. The second kappa shape index (κ2) is 10.4. The van der Waals surface area contributed by atoms with Gasteiger partial charge in [-0.05, 0) is 86.3 Å². The normalized spacial score (nSPS) is 12.7. The molecule has 0 unspecified atom stereocenters. The molecule has 4 aromatic rings. The van der Waals surface area contributed by atoms with Crippen LogP contribution in [0.1, 0.15) is 43.7 Å². The van der Waals surface area contributed by atoms with Gasteiger partial charge in [-0.25, -0.2) is 0 Å². The van der Waals surface area contributed by atoms with Crippen LogP contribution in [0.15, 0.2) is 72.8 Å². The number of anilines is 1. The van der Waals surface area contributed by atoms with Crippen molar-refractivity contribution in [3.05, 3.63) is 94.6 Å². The summed E-state index contributed by atoms with van der Waals surface area (Å²) < 4.78 is 6.31. The number of aliphatic hydroxyl groups excluding tert-OH is 1. The highest BCUT2D eigenvalue weighted by molar-refractivity contribution is 6.30. The summed E-state index contributed by atoms with van der Waals surface area (Å²) >= 11 is 6.20. The van der Waals surface area contributed by atoms with Gasteiger partial charge in [-0.2, -0.15) is 0 Å². The molecule has 0 saturated heterocycles. The summed E-state index contributed by atoms with van der Waals surface area (Å²) in [6.45, 7) is 8.66. The van der Waals surface area contributed by atoms with E-state index in [1.54, 1.807) is 0 Å². The molecule has 1 aromatic heterocycles. The molecule has 0 spiro atoms. The zero-order valence-electron chi connectivity index (χ0n) is 21.0. The summed E-state index contributed by atoms with van der Waals surface area (Å²) in [6, 6.07) is 24.4. The number of halogens is 1. The number of benzene rings is 3. The molecule has 4 nitrogen and oxygen atoms in total. The average Bonchev–Trinajstić information content (AvgIpc) is 2.82. The summed E-state index contributed by atoms with van der Waals surface area (Å²) in [5.74, 6) is 0. The smallest absolute Gasteiger partial charge is 0.107 e. The molecule has 0 aliphatic rings. The fourth-order valence-corrected chi connectivity index (χ4v) is 4.65. The minimum Gasteiger partial charge on any atom is -0.393 e. The number of fused-ring (bicyclic) bond motifs is 1. The molecule has 1 N–H and O–H groups in total. The van der Waals surface area contributed by atoms with Gasteiger partial charge in [0.25, 0.3) is 0 Å². The van der Waals surface area contributed by atoms with Crippen LogP contribution in [0.5, 0.6) is 0 Å². The zero-order valence-corrected chi connectivity index (χ0v) is 21.8. The summed E-state index contributed by atoms with van der Waals surface area (Å²) in [5.41, 5.74) is 6.70. The van der Waals surface area contributed by atoms with Crippen molar-refractivity contribution in [1.29, 1.82) is 0 Å². The third-order valence-corrected chi connectivity index (χ3v) is 6.26. The number of para-hydroxylation sites is 1. The van der Waals surface area contributed by atoms with Gasteiger partial charge in [0.1, 0.15) is 6.10 Å². The van der Waals surface area contributed by atoms with Crippen LogP contribution in [0.4, 0.5) is 5.69 Å². The first kappa shape index (κ1) is 25.2. The van der Waals surface area contributed by atoms with Gasteiger partial charge in [-0.3, -0.25) is 4.98 Å². The molecular weight excluding hydrogens is 456 g/mol. The van der Waals surface area contributed by atoms with E-state index in [0.29, 0.717) is 11.6 Å². The second-order valence-corrected chi connectivity index (χ2v) is 10.4. The average molecular weight is 489 g/mol. The van der Waals surface area contributed by atoms with Crippen molar-refractivity contribution in [2.24, 2.45) is 0 Å². The van der Waals surface area contributed by atoms with Crippen LogP contribution in [0.25, 0.3) is 22.0 Å². The number of hydrogen-bond acceptors (Lipinski definition) is 4. The molecule has 5 heteroatoms. The number of aliphatic hydroxyl groups is 1. The molecule has 0 bridgehead atoms. The molecule has 3 aromatic carbocycles. The van der Waals surface area contributed by atoms with Crippen LogP contribution in [0.3, 0.4) is 0 Å². The van der Waals surface area contributed by atoms with Gasteiger partial charge in [0.2, 0.25) is 0 Å². The number of pyridine rings is 1. The fourth-order valence-electron chi connectivity index (χ4n) is 4.53. The van der Waals surface area contributed by atoms with E-state index in [-0.39, 0.29) is 6.61 Å². The van der Waals surface area contributed by atoms with Crippen molar-refractivity contribution in [2.45, 2.75) is 45.9 Å². The van der Waals surface area contributed by atoms with Crippen LogP contribution < -0.4 is 4.90 Å². The molecule has 182 valence electrons. The third-order valence-electron chi connectivity index (χ3n) is 6.01. The predicted octanol–water partition coefficient (Wildman–Crippen LogP) is 7.35. The van der Waals surface area contributed by atoms with E-state index in [1.165, 1.54) is 0 Å². The Hall–Kier alpha value is -2.92. The topological polar surface area (TPSA) is 45.6 Å². The van der Waals surface area contributed by atoms with E-state index in [4.69, 9.17) is 21.3 Å². The Bertz CT molecular complexity index is 1300. The number of hydrogen-bond donors (Lipinski definition) is 1. The van der Waals surface area contributed by atoms with Crippen molar-refractivity contribution in [2.75, 3.05) is 18.6 Å². The summed E-state index contributed by atoms with van der Waals surface area (Å²) in [6.07, 6.45) is -0.464. The van der Waals surface area contributed by atoms with Crippen LogP contribution in [0.2, 0.25) is 5.02 Å². The summed E-state index contributed by atoms with van der Waals surface area (Å²) in [4.78, 5) is 7.22. The highest BCUT2D eigenvalue weighted by atomic mass is 35.5. The Kier molecular flexibility index (Phi) is 7.46. The molecule has 0 radical (unpaired) electrons. The first-order valence-corrected chi connectivity index (χ1v) is 12.3. The van der Waals surface area contributed by atoms with E-state index >= 15 is 0 Å². The number of nitrogens with zero attached hydrogens (tertiary/aromatic N) is 2. The summed E-state index contributed by atoms with van der Waals surface area (Å²) in [5, 5.41) is 12.0. The number of rotatable bonds is 7. The lowest BCUT2D eigenvalue weighted by Gasteiger charge is -2.30. The Morgan fingerprint density at radius 2 is 1.69 bits per heavy atom. The van der Waals surface area contributed by atoms with E-state index in [2.05, 4.69) is 49.2 Å². The van der Waals surface area contributed by atoms with E-state index in [0.717, 1.165) is 44.5 Å². The molecule has 0 aliphatic carbocycles. The van der Waals surface area contributed by atoms with Crippen molar-refractivity contribution in [3.63, 3.8) is 0 Å². The maximum atomic E-state index is 10.3. The maximum absolute atomic E-state index is 10.3. The number of aryl methyl sites for hydroxylation is 1. The van der Waals surface area contributed by atoms with Crippen molar-refractivity contribution >= 4 is 28.2 Å². The van der Waals surface area contributed by atoms with Gasteiger partial charge in [-0.15, -0.1) is 0 Å². The van der Waals surface area contributed by atoms with Gasteiger partial charge in [0.05, 0.1) is 30.0 Å². The number of ether oxygens (including phenoxy) is 1. The lowest BCUT2D eigenvalue weighted by atomic mass is 9.88. The molecule has 0 fully saturated rings. The van der Waals surface area contributed by atoms with Crippen LogP contribution >= 0.6 is 11.6 Å². The standard InChI is InChI=1S/C30H33ClN2O2/c1-20-17-26-25(16-15-23(32-26)18-33(5)24-9-7-6-8-10-24)29(21-11-13-22(31)14-12-21)28(20)27(19-34)35-30(2,3)4/h6-17,27,34H,18-19H2,1-5H3/t27-/m1/s1.